The summed E-state index contributed by atoms with van der Waals surface area (Å²) in [6.07, 6.45) is 11.0. The van der Waals surface area contributed by atoms with Gasteiger partial charge in [0, 0.05) is 39.1 Å². The van der Waals surface area contributed by atoms with Crippen LogP contribution in [0.5, 0.6) is 11.5 Å². The van der Waals surface area contributed by atoms with Crippen LogP contribution in [0.25, 0.3) is 88.2 Å². The number of esters is 2. The van der Waals surface area contributed by atoms with E-state index in [-0.39, 0.29) is 17.9 Å². The van der Waals surface area contributed by atoms with Gasteiger partial charge >= 0.3 is 11.9 Å². The molecule has 2 aromatic heterocycles. The number of allylic oxidation sites excluding steroid dienone is 3. The normalized spacial score (nSPS) is 20.2. The molecular weight excluding hydrogens is 893 g/mol. The van der Waals surface area contributed by atoms with Gasteiger partial charge in [-0.1, -0.05) is 120 Å². The number of rotatable bonds is 8. The third-order valence-corrected chi connectivity index (χ3v) is 15.5. The summed E-state index contributed by atoms with van der Waals surface area (Å²) < 4.78 is 24.1. The average molecular weight is 949 g/mol. The van der Waals surface area contributed by atoms with Gasteiger partial charge in [-0.05, 0) is 153 Å². The van der Waals surface area contributed by atoms with Gasteiger partial charge in [0.1, 0.15) is 22.5 Å². The monoisotopic (exact) mass is 948 g/mol. The van der Waals surface area contributed by atoms with Crippen molar-refractivity contribution in [3.8, 4) is 34.4 Å². The van der Waals surface area contributed by atoms with E-state index < -0.39 is 0 Å². The summed E-state index contributed by atoms with van der Waals surface area (Å²) in [5, 5.41) is 9.01. The van der Waals surface area contributed by atoms with Gasteiger partial charge in [0.15, 0.2) is 11.2 Å². The van der Waals surface area contributed by atoms with Crippen molar-refractivity contribution in [1.29, 1.82) is 0 Å². The molecule has 6 atom stereocenters. The molecule has 2 heterocycles. The maximum Gasteiger partial charge on any atom is 0.314 e. The first-order chi connectivity index (χ1) is 34.9. The van der Waals surface area contributed by atoms with E-state index in [2.05, 4.69) is 126 Å². The van der Waals surface area contributed by atoms with Crippen LogP contribution in [-0.2, 0) is 9.59 Å². The van der Waals surface area contributed by atoms with E-state index in [0.29, 0.717) is 59.3 Å². The van der Waals surface area contributed by atoms with Crippen LogP contribution in [0.2, 0.25) is 0 Å². The number of aryl methyl sites for hydroxylation is 4. The molecule has 2 fully saturated rings. The Morgan fingerprint density at radius 1 is 0.569 bits per heavy atom. The Kier molecular flexibility index (Phi) is 11.4. The van der Waals surface area contributed by atoms with Gasteiger partial charge in [-0.15, -0.1) is 6.58 Å². The Labute approximate surface area is 418 Å². The first-order valence-electron chi connectivity index (χ1n) is 25.3. The Morgan fingerprint density at radius 2 is 1.04 bits per heavy atom. The minimum atomic E-state index is -0.191. The smallest absolute Gasteiger partial charge is 0.314 e. The fourth-order valence-corrected chi connectivity index (χ4v) is 11.9. The number of aromatic nitrogens is 2. The van der Waals surface area contributed by atoms with Crippen molar-refractivity contribution in [1.82, 2.24) is 9.97 Å². The molecule has 8 aromatic carbocycles. The number of hydrogen-bond donors (Lipinski definition) is 0. The van der Waals surface area contributed by atoms with Crippen molar-refractivity contribution in [3.05, 3.63) is 168 Å². The lowest BCUT2D eigenvalue weighted by atomic mass is 9.93. The molecule has 2 bridgehead atoms. The van der Waals surface area contributed by atoms with E-state index in [0.717, 1.165) is 80.6 Å². The first-order valence-corrected chi connectivity index (χ1v) is 25.3. The predicted molar refractivity (Wildman–Crippen MR) is 288 cm³/mol. The van der Waals surface area contributed by atoms with E-state index in [9.17, 15) is 9.59 Å². The molecule has 3 aliphatic rings. The Bertz CT molecular complexity index is 3680. The van der Waals surface area contributed by atoms with Crippen LogP contribution in [0.15, 0.2) is 155 Å². The number of fused-ring (bicyclic) bond motifs is 14. The van der Waals surface area contributed by atoms with Gasteiger partial charge in [-0.2, -0.15) is 0 Å². The van der Waals surface area contributed by atoms with Crippen LogP contribution >= 0.6 is 0 Å². The summed E-state index contributed by atoms with van der Waals surface area (Å²) in [5.41, 5.74) is 9.86. The lowest BCUT2D eigenvalue weighted by Gasteiger charge is -2.16. The maximum absolute atomic E-state index is 12.7. The minimum absolute atomic E-state index is 0.0180. The van der Waals surface area contributed by atoms with Crippen molar-refractivity contribution < 1.29 is 27.9 Å². The molecule has 13 rings (SSSR count). The molecule has 0 radical (unpaired) electrons. The number of hydrogen-bond acceptors (Lipinski definition) is 8. The van der Waals surface area contributed by atoms with Gasteiger partial charge in [-0.3, -0.25) is 9.59 Å². The highest BCUT2D eigenvalue weighted by molar-refractivity contribution is 6.24. The van der Waals surface area contributed by atoms with Crippen molar-refractivity contribution >= 4 is 77.2 Å². The highest BCUT2D eigenvalue weighted by Gasteiger charge is 2.41. The van der Waals surface area contributed by atoms with Crippen LogP contribution in [-0.4, -0.2) is 21.9 Å². The molecule has 72 heavy (non-hydrogen) atoms. The first kappa shape index (κ1) is 45.3. The molecule has 0 spiro atoms. The average Bonchev–Trinajstić information content (AvgIpc) is 4.25. The molecule has 6 unspecified atom stereocenters. The summed E-state index contributed by atoms with van der Waals surface area (Å²) >= 11 is 0. The molecule has 8 nitrogen and oxygen atoms in total. The summed E-state index contributed by atoms with van der Waals surface area (Å²) in [6, 6.07) is 40.7. The highest BCUT2D eigenvalue weighted by atomic mass is 16.5. The zero-order valence-electron chi connectivity index (χ0n) is 41.3. The van der Waals surface area contributed by atoms with E-state index in [4.69, 9.17) is 28.3 Å². The lowest BCUT2D eigenvalue weighted by Crippen LogP contribution is -2.23. The summed E-state index contributed by atoms with van der Waals surface area (Å²) in [5.74, 6) is 4.08. The van der Waals surface area contributed by atoms with Gasteiger partial charge in [0.25, 0.3) is 0 Å². The maximum atomic E-state index is 12.7. The fourth-order valence-electron chi connectivity index (χ4n) is 11.9. The van der Waals surface area contributed by atoms with Gasteiger partial charge in [0.2, 0.25) is 11.8 Å². The SMILES string of the molecule is C=CC1CC(C)CC1CC(=O)Oc1ccc(-c2nc3c4ccc(C)cc4c4cc(C)ccc4c3o2)cc1.Cc1ccc2c(c1)c1cc(C)ccc1c1oc(-c3ccc(OC(=O)C4CC5C=CC4C5)cc3)nc21. The van der Waals surface area contributed by atoms with Crippen LogP contribution in [0.1, 0.15) is 61.3 Å². The highest BCUT2D eigenvalue weighted by Crippen LogP contribution is 2.45. The number of carbonyl (C=O) groups excluding carboxylic acids is 2. The molecule has 0 saturated heterocycles. The molecule has 8 heteroatoms. The molecule has 0 N–H and O–H groups in total. The lowest BCUT2D eigenvalue weighted by molar-refractivity contribution is -0.139. The van der Waals surface area contributed by atoms with Crippen molar-refractivity contribution in [3.63, 3.8) is 0 Å². The number of ether oxygens (including phenoxy) is 2. The molecule has 10 aromatic rings. The zero-order chi connectivity index (χ0) is 49.4. The van der Waals surface area contributed by atoms with Crippen LogP contribution < -0.4 is 9.47 Å². The van der Waals surface area contributed by atoms with E-state index >= 15 is 0 Å². The minimum Gasteiger partial charge on any atom is -0.435 e. The molecule has 0 amide bonds. The van der Waals surface area contributed by atoms with Crippen LogP contribution in [0.3, 0.4) is 0 Å². The molecule has 2 saturated carbocycles. The van der Waals surface area contributed by atoms with Gasteiger partial charge in [0.05, 0.1) is 5.92 Å². The molecule has 3 aliphatic carbocycles. The van der Waals surface area contributed by atoms with Crippen LogP contribution in [0, 0.1) is 63.2 Å². The third-order valence-electron chi connectivity index (χ3n) is 15.5. The predicted octanol–water partition coefficient (Wildman–Crippen LogP) is 16.1. The molecular formula is C64H56N2O6. The van der Waals surface area contributed by atoms with Crippen molar-refractivity contribution in [2.75, 3.05) is 0 Å². The number of carbonyl (C=O) groups is 2. The Balaban J connectivity index is 0.000000147. The second-order valence-corrected chi connectivity index (χ2v) is 20.9. The number of oxazole rings is 2. The zero-order valence-corrected chi connectivity index (χ0v) is 41.3. The third kappa shape index (κ3) is 8.32. The fraction of sp³-hybridized carbons (Fsp3) is 0.250. The van der Waals surface area contributed by atoms with Crippen LogP contribution in [0.4, 0.5) is 0 Å². The molecule has 358 valence electrons. The number of nitrogens with zero attached hydrogens (tertiary/aromatic N) is 2. The van der Waals surface area contributed by atoms with Crippen molar-refractivity contribution in [2.24, 2.45) is 35.5 Å². The topological polar surface area (TPSA) is 105 Å². The van der Waals surface area contributed by atoms with E-state index in [1.165, 1.54) is 43.8 Å². The van der Waals surface area contributed by atoms with E-state index in [1.807, 2.05) is 54.6 Å². The second-order valence-electron chi connectivity index (χ2n) is 20.9. The molecule has 0 aliphatic heterocycles. The quantitative estimate of drug-likeness (QED) is 0.0642. The Morgan fingerprint density at radius 3 is 1.50 bits per heavy atom. The summed E-state index contributed by atoms with van der Waals surface area (Å²) in [7, 11) is 0. The number of benzene rings is 8. The van der Waals surface area contributed by atoms with Gasteiger partial charge < -0.3 is 18.3 Å². The Hall–Kier alpha value is -7.84. The van der Waals surface area contributed by atoms with E-state index in [1.54, 1.807) is 0 Å². The summed E-state index contributed by atoms with van der Waals surface area (Å²) in [6.45, 7) is 14.6. The summed E-state index contributed by atoms with van der Waals surface area (Å²) in [4.78, 5) is 35.1. The standard InChI is InChI=1S/C33H31NO3.C31H25NO3/c1-5-22-14-21(4)15-24(22)18-30(35)36-25-10-8-23(9-11-25)33-34-31-26-12-6-19(2)16-28(26)29-17-20(3)7-13-27(29)32(31)37-33;1-17-3-11-23-26(13-17)27-14-18(2)4-12-24(27)29-28(23)32-30(35-29)20-7-9-22(10-8-20)34-31(33)25-16-19-5-6-21(25)15-19/h5-13,16-17,21-22,24H,1,14-15,18H2,2-4H3;3-14,19,21,25H,15-16H2,1-2H3. The largest absolute Gasteiger partial charge is 0.435 e. The second kappa shape index (κ2) is 18.1. The van der Waals surface area contributed by atoms with Crippen molar-refractivity contribution in [2.45, 2.75) is 66.7 Å². The van der Waals surface area contributed by atoms with Gasteiger partial charge in [-0.25, -0.2) is 9.97 Å².